The number of nitrogens with zero attached hydrogens (tertiary/aromatic N) is 1. The molecule has 5 heteroatoms. The van der Waals surface area contributed by atoms with E-state index in [-0.39, 0.29) is 5.91 Å². The van der Waals surface area contributed by atoms with Crippen molar-refractivity contribution in [2.24, 2.45) is 0 Å². The summed E-state index contributed by atoms with van der Waals surface area (Å²) in [6.07, 6.45) is 2.13. The topological polar surface area (TPSA) is 68.3 Å². The van der Waals surface area contributed by atoms with E-state index in [4.69, 9.17) is 0 Å². The van der Waals surface area contributed by atoms with Crippen molar-refractivity contribution in [3.8, 4) is 0 Å². The van der Waals surface area contributed by atoms with Crippen molar-refractivity contribution in [3.05, 3.63) is 29.1 Å². The second kappa shape index (κ2) is 3.68. The van der Waals surface area contributed by atoms with Crippen LogP contribution in [0.15, 0.2) is 12.3 Å². The van der Waals surface area contributed by atoms with E-state index in [1.807, 2.05) is 0 Å². The van der Waals surface area contributed by atoms with Gasteiger partial charge in [-0.2, -0.15) is 0 Å². The van der Waals surface area contributed by atoms with Gasteiger partial charge in [-0.15, -0.1) is 0 Å². The second-order valence-corrected chi connectivity index (χ2v) is 3.22. The highest BCUT2D eigenvalue weighted by molar-refractivity contribution is 5.99. The minimum absolute atomic E-state index is 0.186. The van der Waals surface area contributed by atoms with E-state index in [0.29, 0.717) is 24.1 Å². The zero-order chi connectivity index (χ0) is 10.8. The lowest BCUT2D eigenvalue weighted by Gasteiger charge is -2.15. The molecule has 0 radical (unpaired) electrons. The molecule has 1 aromatic heterocycles. The van der Waals surface area contributed by atoms with Gasteiger partial charge in [0.15, 0.2) is 0 Å². The number of hydrogen-bond acceptors (Lipinski definition) is 4. The Kier molecular flexibility index (Phi) is 2.37. The normalized spacial score (nSPS) is 14.1. The van der Waals surface area contributed by atoms with Crippen LogP contribution < -0.4 is 5.32 Å². The molecule has 0 bridgehead atoms. The molecule has 5 nitrogen and oxygen atoms in total. The number of carbonyl (C=O) groups is 2. The van der Waals surface area contributed by atoms with Crippen molar-refractivity contribution in [2.45, 2.75) is 6.42 Å². The van der Waals surface area contributed by atoms with Gasteiger partial charge >= 0.3 is 5.97 Å². The van der Waals surface area contributed by atoms with Gasteiger partial charge in [0, 0.05) is 19.2 Å². The third kappa shape index (κ3) is 1.68. The Labute approximate surface area is 86.5 Å². The fraction of sp³-hybridized carbons (Fsp3) is 0.300. The molecule has 0 aliphatic carbocycles. The Morgan fingerprint density at radius 2 is 2.40 bits per heavy atom. The highest BCUT2D eigenvalue weighted by atomic mass is 16.5. The number of fused-ring (bicyclic) bond motifs is 1. The largest absolute Gasteiger partial charge is 0.465 e. The van der Waals surface area contributed by atoms with Crippen LogP contribution in [0.4, 0.5) is 0 Å². The Morgan fingerprint density at radius 1 is 1.60 bits per heavy atom. The Hall–Kier alpha value is -1.91. The van der Waals surface area contributed by atoms with Gasteiger partial charge in [-0.25, -0.2) is 4.79 Å². The van der Waals surface area contributed by atoms with Crippen LogP contribution in [0.1, 0.15) is 26.4 Å². The van der Waals surface area contributed by atoms with Crippen molar-refractivity contribution in [2.75, 3.05) is 13.7 Å². The maximum Gasteiger partial charge on any atom is 0.339 e. The van der Waals surface area contributed by atoms with Crippen LogP contribution in [0.3, 0.4) is 0 Å². The lowest BCUT2D eigenvalue weighted by molar-refractivity contribution is 0.0600. The first-order chi connectivity index (χ1) is 7.22. The van der Waals surface area contributed by atoms with E-state index in [1.165, 1.54) is 19.4 Å². The molecule has 1 aliphatic heterocycles. The zero-order valence-corrected chi connectivity index (χ0v) is 8.24. The van der Waals surface area contributed by atoms with Gasteiger partial charge in [-0.05, 0) is 6.07 Å². The summed E-state index contributed by atoms with van der Waals surface area (Å²) in [6.45, 7) is 0.594. The van der Waals surface area contributed by atoms with Crippen LogP contribution in [-0.4, -0.2) is 30.5 Å². The number of aromatic nitrogens is 1. The molecular formula is C10H10N2O3. The number of rotatable bonds is 1. The molecule has 1 amide bonds. The molecule has 0 atom stereocenters. The number of methoxy groups -OCH3 is 1. The van der Waals surface area contributed by atoms with E-state index in [9.17, 15) is 9.59 Å². The third-order valence-electron chi connectivity index (χ3n) is 2.28. The number of esters is 1. The van der Waals surface area contributed by atoms with Crippen LogP contribution in [0.5, 0.6) is 0 Å². The number of ether oxygens (including phenoxy) is 1. The van der Waals surface area contributed by atoms with Gasteiger partial charge in [-0.1, -0.05) is 0 Å². The molecule has 0 aromatic carbocycles. The van der Waals surface area contributed by atoms with Gasteiger partial charge in [0.1, 0.15) is 0 Å². The molecule has 1 aromatic rings. The maximum absolute atomic E-state index is 11.4. The van der Waals surface area contributed by atoms with Gasteiger partial charge in [0.2, 0.25) is 0 Å². The number of amides is 1. The number of carbonyl (C=O) groups excluding carboxylic acids is 2. The summed E-state index contributed by atoms with van der Waals surface area (Å²) in [5.41, 5.74) is 1.49. The summed E-state index contributed by atoms with van der Waals surface area (Å²) in [5.74, 6) is -0.668. The van der Waals surface area contributed by atoms with Crippen molar-refractivity contribution in [3.63, 3.8) is 0 Å². The SMILES string of the molecule is COC(=O)c1cnc2c(c1)C(=O)NCC2. The van der Waals surface area contributed by atoms with Crippen LogP contribution in [0.25, 0.3) is 0 Å². The van der Waals surface area contributed by atoms with E-state index in [2.05, 4.69) is 15.0 Å². The first-order valence-electron chi connectivity index (χ1n) is 4.58. The molecule has 1 N–H and O–H groups in total. The van der Waals surface area contributed by atoms with Gasteiger partial charge in [0.25, 0.3) is 5.91 Å². The summed E-state index contributed by atoms with van der Waals surface area (Å²) < 4.78 is 4.55. The van der Waals surface area contributed by atoms with Crippen molar-refractivity contribution in [1.82, 2.24) is 10.3 Å². The molecule has 0 saturated carbocycles. The molecule has 0 fully saturated rings. The molecule has 78 valence electrons. The average Bonchev–Trinajstić information content (AvgIpc) is 2.28. The Morgan fingerprint density at radius 3 is 3.13 bits per heavy atom. The molecular weight excluding hydrogens is 196 g/mol. The zero-order valence-electron chi connectivity index (χ0n) is 8.24. The second-order valence-electron chi connectivity index (χ2n) is 3.22. The molecule has 1 aliphatic rings. The quantitative estimate of drug-likeness (QED) is 0.664. The van der Waals surface area contributed by atoms with Crippen LogP contribution in [0.2, 0.25) is 0 Å². The summed E-state index contributed by atoms with van der Waals surface area (Å²) >= 11 is 0. The number of nitrogens with one attached hydrogen (secondary N) is 1. The van der Waals surface area contributed by atoms with E-state index >= 15 is 0 Å². The minimum Gasteiger partial charge on any atom is -0.465 e. The molecule has 2 rings (SSSR count). The Bertz CT molecular complexity index is 429. The monoisotopic (exact) mass is 206 g/mol. The van der Waals surface area contributed by atoms with Crippen LogP contribution >= 0.6 is 0 Å². The lowest BCUT2D eigenvalue weighted by Crippen LogP contribution is -2.32. The first kappa shape index (κ1) is 9.64. The summed E-state index contributed by atoms with van der Waals surface area (Å²) in [7, 11) is 1.29. The van der Waals surface area contributed by atoms with Crippen molar-refractivity contribution >= 4 is 11.9 Å². The average molecular weight is 206 g/mol. The summed E-state index contributed by atoms with van der Waals surface area (Å²) in [6, 6.07) is 1.52. The Balaban J connectivity index is 2.44. The minimum atomic E-state index is -0.483. The maximum atomic E-state index is 11.4. The van der Waals surface area contributed by atoms with Gasteiger partial charge < -0.3 is 10.1 Å². The number of pyridine rings is 1. The molecule has 15 heavy (non-hydrogen) atoms. The van der Waals surface area contributed by atoms with E-state index in [0.717, 1.165) is 5.69 Å². The van der Waals surface area contributed by atoms with Crippen LogP contribution in [0, 0.1) is 0 Å². The van der Waals surface area contributed by atoms with Gasteiger partial charge in [-0.3, -0.25) is 9.78 Å². The standard InChI is InChI=1S/C10H10N2O3/c1-15-10(14)6-4-7-8(12-5-6)2-3-11-9(7)13/h4-5H,2-3H2,1H3,(H,11,13). The van der Waals surface area contributed by atoms with Crippen molar-refractivity contribution in [1.29, 1.82) is 0 Å². The summed E-state index contributed by atoms with van der Waals surface area (Å²) in [4.78, 5) is 26.7. The molecule has 0 saturated heterocycles. The highest BCUT2D eigenvalue weighted by Gasteiger charge is 2.19. The predicted molar refractivity (Wildman–Crippen MR) is 51.6 cm³/mol. The molecule has 0 spiro atoms. The summed E-state index contributed by atoms with van der Waals surface area (Å²) in [5, 5.41) is 2.69. The van der Waals surface area contributed by atoms with E-state index in [1.54, 1.807) is 0 Å². The van der Waals surface area contributed by atoms with Crippen LogP contribution in [-0.2, 0) is 11.2 Å². The lowest BCUT2D eigenvalue weighted by atomic mass is 10.0. The first-order valence-corrected chi connectivity index (χ1v) is 4.58. The highest BCUT2D eigenvalue weighted by Crippen LogP contribution is 2.13. The van der Waals surface area contributed by atoms with Crippen molar-refractivity contribution < 1.29 is 14.3 Å². The fourth-order valence-electron chi connectivity index (χ4n) is 1.51. The molecule has 0 unspecified atom stereocenters. The smallest absolute Gasteiger partial charge is 0.339 e. The van der Waals surface area contributed by atoms with Gasteiger partial charge in [0.05, 0.1) is 23.9 Å². The predicted octanol–water partition coefficient (Wildman–Crippen LogP) is 0.154. The number of hydrogen-bond donors (Lipinski definition) is 1. The third-order valence-corrected chi connectivity index (χ3v) is 2.28. The van der Waals surface area contributed by atoms with E-state index < -0.39 is 5.97 Å². The molecule has 2 heterocycles. The fourth-order valence-corrected chi connectivity index (χ4v) is 1.51.